The van der Waals surface area contributed by atoms with Gasteiger partial charge in [0.25, 0.3) is 0 Å². The summed E-state index contributed by atoms with van der Waals surface area (Å²) in [7, 11) is 0. The van der Waals surface area contributed by atoms with Crippen LogP contribution in [0.1, 0.15) is 18.5 Å². The molecule has 0 aromatic carbocycles. The van der Waals surface area contributed by atoms with Crippen molar-refractivity contribution in [2.45, 2.75) is 20.3 Å². The molecule has 0 saturated heterocycles. The van der Waals surface area contributed by atoms with Gasteiger partial charge in [-0.05, 0) is 19.1 Å². The first-order valence-electron chi connectivity index (χ1n) is 4.27. The van der Waals surface area contributed by atoms with E-state index in [1.54, 1.807) is 0 Å². The van der Waals surface area contributed by atoms with E-state index in [-0.39, 0.29) is 0 Å². The smallest absolute Gasteiger partial charge is 0.216 e. The quantitative estimate of drug-likeness (QED) is 0.762. The van der Waals surface area contributed by atoms with Crippen LogP contribution in [-0.4, -0.2) is 15.2 Å². The summed E-state index contributed by atoms with van der Waals surface area (Å²) < 4.78 is 5.38. The van der Waals surface area contributed by atoms with E-state index in [1.165, 1.54) is 0 Å². The number of hydrogen-bond acceptors (Lipinski definition) is 3. The lowest BCUT2D eigenvalue weighted by Gasteiger charge is -1.85. The molecule has 0 amide bonds. The number of nitrogens with one attached hydrogen (secondary N) is 1. The van der Waals surface area contributed by atoms with Crippen LogP contribution in [0.15, 0.2) is 16.5 Å². The summed E-state index contributed by atoms with van der Waals surface area (Å²) in [4.78, 5) is 4.25. The molecule has 0 aliphatic carbocycles. The Morgan fingerprint density at radius 1 is 1.46 bits per heavy atom. The molecule has 0 bridgehead atoms. The van der Waals surface area contributed by atoms with E-state index in [2.05, 4.69) is 15.2 Å². The predicted octanol–water partition coefficient (Wildman–Crippen LogP) is 1.94. The first-order valence-corrected chi connectivity index (χ1v) is 4.27. The van der Waals surface area contributed by atoms with Crippen LogP contribution in [0.4, 0.5) is 0 Å². The molecule has 0 saturated carbocycles. The Morgan fingerprint density at radius 3 is 2.85 bits per heavy atom. The molecule has 13 heavy (non-hydrogen) atoms. The van der Waals surface area contributed by atoms with Gasteiger partial charge in [0.05, 0.1) is 0 Å². The minimum absolute atomic E-state index is 0.630. The average Bonchev–Trinajstić information content (AvgIpc) is 2.71. The molecular weight excluding hydrogens is 166 g/mol. The molecule has 0 fully saturated rings. The third-order valence-corrected chi connectivity index (χ3v) is 1.83. The summed E-state index contributed by atoms with van der Waals surface area (Å²) in [5.74, 6) is 3.10. The monoisotopic (exact) mass is 177 g/mol. The molecule has 0 radical (unpaired) electrons. The van der Waals surface area contributed by atoms with E-state index in [1.807, 2.05) is 26.0 Å². The second kappa shape index (κ2) is 3.05. The van der Waals surface area contributed by atoms with Crippen molar-refractivity contribution in [1.29, 1.82) is 0 Å². The maximum absolute atomic E-state index is 5.38. The van der Waals surface area contributed by atoms with Crippen molar-refractivity contribution >= 4 is 0 Å². The first kappa shape index (κ1) is 8.04. The lowest BCUT2D eigenvalue weighted by Crippen LogP contribution is -1.81. The van der Waals surface area contributed by atoms with Crippen molar-refractivity contribution in [3.05, 3.63) is 23.7 Å². The fraction of sp³-hybridized carbons (Fsp3) is 0.333. The van der Waals surface area contributed by atoms with Crippen LogP contribution in [0.3, 0.4) is 0 Å². The van der Waals surface area contributed by atoms with Gasteiger partial charge in [0, 0.05) is 6.42 Å². The summed E-state index contributed by atoms with van der Waals surface area (Å²) in [6.07, 6.45) is 0.854. The van der Waals surface area contributed by atoms with Gasteiger partial charge in [-0.2, -0.15) is 5.10 Å². The number of aromatic nitrogens is 3. The molecule has 2 rings (SSSR count). The molecule has 4 heteroatoms. The van der Waals surface area contributed by atoms with Gasteiger partial charge in [0.2, 0.25) is 5.82 Å². The molecule has 68 valence electrons. The Balaban J connectivity index is 2.35. The van der Waals surface area contributed by atoms with Gasteiger partial charge in [-0.15, -0.1) is 0 Å². The van der Waals surface area contributed by atoms with Gasteiger partial charge in [-0.1, -0.05) is 6.92 Å². The van der Waals surface area contributed by atoms with Crippen LogP contribution in [0.5, 0.6) is 0 Å². The molecule has 2 aromatic rings. The van der Waals surface area contributed by atoms with Crippen molar-refractivity contribution in [3.63, 3.8) is 0 Å². The van der Waals surface area contributed by atoms with Crippen LogP contribution >= 0.6 is 0 Å². The standard InChI is InChI=1S/C9H11N3O/c1-3-8-10-9(12-11-8)7-5-4-6(2)13-7/h4-5H,3H2,1-2H3,(H,10,11,12). The SMILES string of the molecule is CCc1nc(-c2ccc(C)o2)n[nH]1. The van der Waals surface area contributed by atoms with Crippen molar-refractivity contribution in [2.75, 3.05) is 0 Å². The minimum Gasteiger partial charge on any atom is -0.458 e. The largest absolute Gasteiger partial charge is 0.458 e. The number of furan rings is 1. The zero-order valence-electron chi connectivity index (χ0n) is 7.66. The highest BCUT2D eigenvalue weighted by Crippen LogP contribution is 2.17. The summed E-state index contributed by atoms with van der Waals surface area (Å²) >= 11 is 0. The maximum Gasteiger partial charge on any atom is 0.216 e. The topological polar surface area (TPSA) is 54.7 Å². The molecule has 0 spiro atoms. The van der Waals surface area contributed by atoms with E-state index in [9.17, 15) is 0 Å². The Kier molecular flexibility index (Phi) is 1.88. The molecule has 2 aromatic heterocycles. The van der Waals surface area contributed by atoms with Crippen LogP contribution < -0.4 is 0 Å². The number of aryl methyl sites for hydroxylation is 2. The summed E-state index contributed by atoms with van der Waals surface area (Å²) in [5.41, 5.74) is 0. The molecule has 0 unspecified atom stereocenters. The van der Waals surface area contributed by atoms with E-state index in [4.69, 9.17) is 4.42 Å². The number of hydrogen-bond donors (Lipinski definition) is 1. The number of nitrogens with zero attached hydrogens (tertiary/aromatic N) is 2. The predicted molar refractivity (Wildman–Crippen MR) is 48.2 cm³/mol. The Labute approximate surface area is 76.0 Å². The summed E-state index contributed by atoms with van der Waals surface area (Å²) in [6.45, 7) is 3.93. The molecule has 4 nitrogen and oxygen atoms in total. The fourth-order valence-electron chi connectivity index (χ4n) is 1.12. The van der Waals surface area contributed by atoms with Gasteiger partial charge < -0.3 is 4.42 Å². The highest BCUT2D eigenvalue weighted by Gasteiger charge is 2.07. The van der Waals surface area contributed by atoms with Gasteiger partial charge in [-0.25, -0.2) is 4.98 Å². The Hall–Kier alpha value is -1.58. The van der Waals surface area contributed by atoms with E-state index >= 15 is 0 Å². The second-order valence-corrected chi connectivity index (χ2v) is 2.87. The van der Waals surface area contributed by atoms with Crippen LogP contribution in [0, 0.1) is 6.92 Å². The molecule has 0 atom stereocenters. The molecule has 1 N–H and O–H groups in total. The van der Waals surface area contributed by atoms with Crippen molar-refractivity contribution < 1.29 is 4.42 Å². The minimum atomic E-state index is 0.630. The van der Waals surface area contributed by atoms with Gasteiger partial charge in [-0.3, -0.25) is 5.10 Å². The fourth-order valence-corrected chi connectivity index (χ4v) is 1.12. The van der Waals surface area contributed by atoms with Crippen LogP contribution in [0.25, 0.3) is 11.6 Å². The summed E-state index contributed by atoms with van der Waals surface area (Å²) in [6, 6.07) is 3.77. The number of aromatic amines is 1. The Bertz CT molecular complexity index is 402. The van der Waals surface area contributed by atoms with E-state index in [0.717, 1.165) is 18.0 Å². The lowest BCUT2D eigenvalue weighted by molar-refractivity contribution is 0.544. The zero-order valence-corrected chi connectivity index (χ0v) is 7.66. The van der Waals surface area contributed by atoms with E-state index in [0.29, 0.717) is 11.6 Å². The molecule has 0 aliphatic heterocycles. The van der Waals surface area contributed by atoms with Crippen molar-refractivity contribution in [3.8, 4) is 11.6 Å². The van der Waals surface area contributed by atoms with Crippen LogP contribution in [0.2, 0.25) is 0 Å². The second-order valence-electron chi connectivity index (χ2n) is 2.87. The third-order valence-electron chi connectivity index (χ3n) is 1.83. The van der Waals surface area contributed by atoms with Gasteiger partial charge >= 0.3 is 0 Å². The Morgan fingerprint density at radius 2 is 2.31 bits per heavy atom. The lowest BCUT2D eigenvalue weighted by atomic mass is 10.4. The van der Waals surface area contributed by atoms with Crippen molar-refractivity contribution in [1.82, 2.24) is 15.2 Å². The van der Waals surface area contributed by atoms with Crippen LogP contribution in [-0.2, 0) is 6.42 Å². The summed E-state index contributed by atoms with van der Waals surface area (Å²) in [5, 5.41) is 6.88. The van der Waals surface area contributed by atoms with Crippen molar-refractivity contribution in [2.24, 2.45) is 0 Å². The number of H-pyrrole nitrogens is 1. The number of rotatable bonds is 2. The maximum atomic E-state index is 5.38. The third kappa shape index (κ3) is 1.47. The van der Waals surface area contributed by atoms with E-state index < -0.39 is 0 Å². The molecular formula is C9H11N3O. The molecule has 0 aliphatic rings. The average molecular weight is 177 g/mol. The normalized spacial score (nSPS) is 10.6. The first-order chi connectivity index (χ1) is 6.29. The molecule has 2 heterocycles. The zero-order chi connectivity index (χ0) is 9.26. The van der Waals surface area contributed by atoms with Gasteiger partial charge in [0.15, 0.2) is 5.76 Å². The highest BCUT2D eigenvalue weighted by atomic mass is 16.3. The highest BCUT2D eigenvalue weighted by molar-refractivity contribution is 5.46. The van der Waals surface area contributed by atoms with Gasteiger partial charge in [0.1, 0.15) is 11.6 Å².